The lowest BCUT2D eigenvalue weighted by Gasteiger charge is -2.20. The molecule has 0 bridgehead atoms. The van der Waals surface area contributed by atoms with Crippen molar-refractivity contribution >= 4 is 11.3 Å². The Morgan fingerprint density at radius 1 is 1.42 bits per heavy atom. The number of nitrogens with zero attached hydrogens (tertiary/aromatic N) is 3. The van der Waals surface area contributed by atoms with Gasteiger partial charge < -0.3 is 15.2 Å². The minimum atomic E-state index is -0.194. The van der Waals surface area contributed by atoms with E-state index in [1.54, 1.807) is 11.3 Å². The van der Waals surface area contributed by atoms with Crippen molar-refractivity contribution in [3.8, 4) is 0 Å². The molecule has 0 fully saturated rings. The van der Waals surface area contributed by atoms with E-state index >= 15 is 0 Å². The predicted molar refractivity (Wildman–Crippen MR) is 76.1 cm³/mol. The van der Waals surface area contributed by atoms with Gasteiger partial charge in [0.15, 0.2) is 5.82 Å². The first-order valence-corrected chi connectivity index (χ1v) is 7.43. The molecule has 2 aromatic rings. The van der Waals surface area contributed by atoms with E-state index in [0.717, 1.165) is 19.6 Å². The van der Waals surface area contributed by atoms with Gasteiger partial charge in [-0.3, -0.25) is 0 Å². The molecule has 0 aliphatic rings. The Kier molecular flexibility index (Phi) is 5.07. The van der Waals surface area contributed by atoms with Crippen molar-refractivity contribution in [2.45, 2.75) is 26.3 Å². The van der Waals surface area contributed by atoms with Gasteiger partial charge in [0.05, 0.1) is 12.5 Å². The summed E-state index contributed by atoms with van der Waals surface area (Å²) >= 11 is 1.69. The van der Waals surface area contributed by atoms with E-state index in [9.17, 15) is 0 Å². The van der Waals surface area contributed by atoms with E-state index in [4.69, 9.17) is 10.3 Å². The largest absolute Gasteiger partial charge is 0.339 e. The summed E-state index contributed by atoms with van der Waals surface area (Å²) in [5.41, 5.74) is 6.11. The summed E-state index contributed by atoms with van der Waals surface area (Å²) in [6, 6.07) is 3.88. The molecule has 1 atom stereocenters. The number of thiophene rings is 1. The zero-order valence-corrected chi connectivity index (χ0v) is 12.2. The van der Waals surface area contributed by atoms with Crippen molar-refractivity contribution < 1.29 is 4.52 Å². The van der Waals surface area contributed by atoms with Crippen molar-refractivity contribution in [2.24, 2.45) is 5.73 Å². The van der Waals surface area contributed by atoms with Gasteiger partial charge in [-0.2, -0.15) is 4.98 Å². The smallest absolute Gasteiger partial charge is 0.231 e. The van der Waals surface area contributed by atoms with Gasteiger partial charge in [-0.05, 0) is 24.5 Å². The van der Waals surface area contributed by atoms with E-state index in [-0.39, 0.29) is 6.04 Å². The highest BCUT2D eigenvalue weighted by Crippen LogP contribution is 2.15. The highest BCUT2D eigenvalue weighted by Gasteiger charge is 2.16. The van der Waals surface area contributed by atoms with Crippen molar-refractivity contribution in [2.75, 3.05) is 19.6 Å². The number of aromatic nitrogens is 2. The van der Waals surface area contributed by atoms with Crippen molar-refractivity contribution in [3.63, 3.8) is 0 Å². The maximum Gasteiger partial charge on any atom is 0.231 e. The summed E-state index contributed by atoms with van der Waals surface area (Å²) < 4.78 is 5.25. The predicted octanol–water partition coefficient (Wildman–Crippen LogP) is 2.06. The van der Waals surface area contributed by atoms with Crippen LogP contribution in [0.3, 0.4) is 0 Å². The van der Waals surface area contributed by atoms with Crippen LogP contribution < -0.4 is 5.73 Å². The fourth-order valence-electron chi connectivity index (χ4n) is 1.89. The van der Waals surface area contributed by atoms with Crippen LogP contribution in [0.5, 0.6) is 0 Å². The molecule has 104 valence electrons. The molecule has 2 rings (SSSR count). The number of rotatable bonds is 7. The topological polar surface area (TPSA) is 68.2 Å². The third-order valence-electron chi connectivity index (χ3n) is 3.07. The number of hydrogen-bond acceptors (Lipinski definition) is 6. The van der Waals surface area contributed by atoms with Crippen LogP contribution in [0, 0.1) is 0 Å². The number of likely N-dealkylation sites (N-methyl/N-ethyl adjacent to an activating group) is 1. The van der Waals surface area contributed by atoms with Crippen LogP contribution >= 0.6 is 11.3 Å². The summed E-state index contributed by atoms with van der Waals surface area (Å²) in [6.45, 7) is 6.95. The lowest BCUT2D eigenvalue weighted by Crippen LogP contribution is -2.32. The highest BCUT2D eigenvalue weighted by atomic mass is 32.1. The third-order valence-corrected chi connectivity index (χ3v) is 3.95. The molecule has 6 heteroatoms. The molecule has 0 aliphatic heterocycles. The Hall–Kier alpha value is -1.24. The number of nitrogens with two attached hydrogens (primary N) is 1. The molecule has 2 N–H and O–H groups in total. The fourth-order valence-corrected chi connectivity index (χ4v) is 2.59. The van der Waals surface area contributed by atoms with E-state index in [1.165, 1.54) is 4.88 Å². The van der Waals surface area contributed by atoms with Crippen molar-refractivity contribution in [3.05, 3.63) is 34.1 Å². The second-order valence-electron chi connectivity index (χ2n) is 4.39. The molecule has 5 nitrogen and oxygen atoms in total. The summed E-state index contributed by atoms with van der Waals surface area (Å²) in [5.74, 6) is 1.23. The molecule has 19 heavy (non-hydrogen) atoms. The van der Waals surface area contributed by atoms with Gasteiger partial charge in [-0.15, -0.1) is 11.3 Å². The molecule has 0 saturated carbocycles. The Bertz CT molecular complexity index is 479. The lowest BCUT2D eigenvalue weighted by atomic mass is 10.2. The minimum Gasteiger partial charge on any atom is -0.339 e. The van der Waals surface area contributed by atoms with Gasteiger partial charge in [0, 0.05) is 11.4 Å². The maximum absolute atomic E-state index is 6.11. The van der Waals surface area contributed by atoms with Gasteiger partial charge >= 0.3 is 0 Å². The van der Waals surface area contributed by atoms with Crippen LogP contribution in [-0.2, 0) is 6.42 Å². The Morgan fingerprint density at radius 2 is 2.21 bits per heavy atom. The second-order valence-corrected chi connectivity index (χ2v) is 5.43. The van der Waals surface area contributed by atoms with E-state index < -0.39 is 0 Å². The van der Waals surface area contributed by atoms with Gasteiger partial charge in [0.2, 0.25) is 5.89 Å². The highest BCUT2D eigenvalue weighted by molar-refractivity contribution is 7.09. The van der Waals surface area contributed by atoms with Gasteiger partial charge in [-0.1, -0.05) is 25.1 Å². The first-order chi connectivity index (χ1) is 9.22. The minimum absolute atomic E-state index is 0.194. The summed E-state index contributed by atoms with van der Waals surface area (Å²) in [6.07, 6.45) is 0.683. The second kappa shape index (κ2) is 6.79. The standard InChI is InChI=1S/C13H20N4OS/c1-3-17(4-2)9-11(14)13-15-12(18-16-13)8-10-6-5-7-19-10/h5-7,11H,3-4,8-9,14H2,1-2H3. The summed E-state index contributed by atoms with van der Waals surface area (Å²) in [5, 5.41) is 6.03. The van der Waals surface area contributed by atoms with Gasteiger partial charge in [0.25, 0.3) is 0 Å². The Labute approximate surface area is 117 Å². The van der Waals surface area contributed by atoms with Crippen LogP contribution in [0.15, 0.2) is 22.0 Å². The molecule has 0 saturated heterocycles. The van der Waals surface area contributed by atoms with Crippen LogP contribution in [0.4, 0.5) is 0 Å². The van der Waals surface area contributed by atoms with Crippen molar-refractivity contribution in [1.29, 1.82) is 0 Å². The first-order valence-electron chi connectivity index (χ1n) is 6.55. The molecule has 1 unspecified atom stereocenters. The Balaban J connectivity index is 1.96. The van der Waals surface area contributed by atoms with E-state index in [0.29, 0.717) is 18.1 Å². The van der Waals surface area contributed by atoms with Crippen LogP contribution in [0.2, 0.25) is 0 Å². The van der Waals surface area contributed by atoms with E-state index in [2.05, 4.69) is 35.0 Å². The maximum atomic E-state index is 6.11. The van der Waals surface area contributed by atoms with Crippen molar-refractivity contribution in [1.82, 2.24) is 15.0 Å². The fraction of sp³-hybridized carbons (Fsp3) is 0.538. The zero-order chi connectivity index (χ0) is 13.7. The molecule has 0 amide bonds. The van der Waals surface area contributed by atoms with E-state index in [1.807, 2.05) is 11.4 Å². The molecule has 0 spiro atoms. The molecule has 0 aliphatic carbocycles. The SMILES string of the molecule is CCN(CC)CC(N)c1noc(Cc2cccs2)n1. The van der Waals surface area contributed by atoms with Gasteiger partial charge in [0.1, 0.15) is 0 Å². The first kappa shape index (κ1) is 14.2. The zero-order valence-electron chi connectivity index (χ0n) is 11.4. The molecule has 0 aromatic carbocycles. The average molecular weight is 280 g/mol. The monoisotopic (exact) mass is 280 g/mol. The molecular weight excluding hydrogens is 260 g/mol. The molecule has 2 heterocycles. The van der Waals surface area contributed by atoms with Crippen LogP contribution in [0.1, 0.15) is 36.5 Å². The number of hydrogen-bond donors (Lipinski definition) is 1. The van der Waals surface area contributed by atoms with Crippen LogP contribution in [-0.4, -0.2) is 34.7 Å². The quantitative estimate of drug-likeness (QED) is 0.841. The van der Waals surface area contributed by atoms with Gasteiger partial charge in [-0.25, -0.2) is 0 Å². The molecular formula is C13H20N4OS. The molecule has 2 aromatic heterocycles. The molecule has 0 radical (unpaired) electrons. The Morgan fingerprint density at radius 3 is 2.84 bits per heavy atom. The van der Waals surface area contributed by atoms with Crippen LogP contribution in [0.25, 0.3) is 0 Å². The third kappa shape index (κ3) is 3.86. The lowest BCUT2D eigenvalue weighted by molar-refractivity contribution is 0.277. The summed E-state index contributed by atoms with van der Waals surface area (Å²) in [4.78, 5) is 7.85. The average Bonchev–Trinajstić information content (AvgIpc) is 3.07. The normalized spacial score (nSPS) is 13.1. The summed E-state index contributed by atoms with van der Waals surface area (Å²) in [7, 11) is 0.